The van der Waals surface area contributed by atoms with Gasteiger partial charge in [-0.25, -0.2) is 0 Å². The second-order valence-corrected chi connectivity index (χ2v) is 13.2. The first-order valence-electron chi connectivity index (χ1n) is 15.9. The van der Waals surface area contributed by atoms with Crippen molar-refractivity contribution in [3.8, 4) is 17.2 Å². The molecule has 0 unspecified atom stereocenters. The molecular formula is C37H43NO5. The Kier molecular flexibility index (Phi) is 7.48. The van der Waals surface area contributed by atoms with Gasteiger partial charge < -0.3 is 23.8 Å². The maximum Gasteiger partial charge on any atom is 0.193 e. The number of ether oxygens (including phenoxy) is 4. The highest BCUT2D eigenvalue weighted by Gasteiger charge is 2.58. The normalized spacial score (nSPS) is 35.5. The molecule has 6 heteroatoms. The fourth-order valence-electron chi connectivity index (χ4n) is 8.76. The Hall–Kier alpha value is -3.67. The monoisotopic (exact) mass is 581 g/mol. The van der Waals surface area contributed by atoms with Crippen LogP contribution in [0.1, 0.15) is 37.3 Å². The van der Waals surface area contributed by atoms with E-state index in [9.17, 15) is 4.79 Å². The molecule has 4 bridgehead atoms. The summed E-state index contributed by atoms with van der Waals surface area (Å²) in [5.41, 5.74) is 2.23. The van der Waals surface area contributed by atoms with E-state index in [2.05, 4.69) is 54.8 Å². The fourth-order valence-corrected chi connectivity index (χ4v) is 8.76. The number of hydrogen-bond donors (Lipinski definition) is 0. The van der Waals surface area contributed by atoms with Crippen molar-refractivity contribution in [2.45, 2.75) is 51.3 Å². The zero-order chi connectivity index (χ0) is 29.7. The van der Waals surface area contributed by atoms with Crippen LogP contribution in [0.3, 0.4) is 0 Å². The Morgan fingerprint density at radius 2 is 1.88 bits per heavy atom. The van der Waals surface area contributed by atoms with Crippen molar-refractivity contribution in [2.24, 2.45) is 41.4 Å². The molecule has 2 aromatic carbocycles. The number of methoxy groups -OCH3 is 2. The van der Waals surface area contributed by atoms with Crippen LogP contribution < -0.4 is 14.2 Å². The van der Waals surface area contributed by atoms with Gasteiger partial charge >= 0.3 is 0 Å². The Morgan fingerprint density at radius 3 is 2.65 bits per heavy atom. The van der Waals surface area contributed by atoms with Gasteiger partial charge in [0, 0.05) is 42.0 Å². The number of ketones is 1. The molecule has 3 heterocycles. The van der Waals surface area contributed by atoms with E-state index in [1.54, 1.807) is 20.3 Å². The van der Waals surface area contributed by atoms with Gasteiger partial charge in [-0.1, -0.05) is 43.7 Å². The van der Waals surface area contributed by atoms with Crippen molar-refractivity contribution in [3.05, 3.63) is 90.4 Å². The van der Waals surface area contributed by atoms with Crippen LogP contribution >= 0.6 is 0 Å². The number of carbonyl (C=O) groups excluding carboxylic acids is 1. The topological polar surface area (TPSA) is 57.2 Å². The van der Waals surface area contributed by atoms with E-state index in [4.69, 9.17) is 18.9 Å². The van der Waals surface area contributed by atoms with Gasteiger partial charge in [0.1, 0.15) is 30.0 Å². The van der Waals surface area contributed by atoms with Gasteiger partial charge in [0.05, 0.1) is 20.3 Å². The summed E-state index contributed by atoms with van der Waals surface area (Å²) >= 11 is 0. The molecule has 226 valence electrons. The molecule has 3 aliphatic heterocycles. The van der Waals surface area contributed by atoms with Gasteiger partial charge in [-0.3, -0.25) is 4.79 Å². The van der Waals surface area contributed by atoms with Crippen LogP contribution in [0, 0.1) is 41.4 Å². The van der Waals surface area contributed by atoms with Crippen LogP contribution in [0.4, 0.5) is 0 Å². The van der Waals surface area contributed by atoms with Crippen molar-refractivity contribution in [1.29, 1.82) is 0 Å². The predicted molar refractivity (Wildman–Crippen MR) is 166 cm³/mol. The Morgan fingerprint density at radius 1 is 1.05 bits per heavy atom. The van der Waals surface area contributed by atoms with E-state index in [-0.39, 0.29) is 35.7 Å². The molecule has 3 aliphatic carbocycles. The second-order valence-electron chi connectivity index (χ2n) is 13.2. The van der Waals surface area contributed by atoms with E-state index >= 15 is 0 Å². The number of carbonyl (C=O) groups is 1. The number of fused-ring (bicyclic) bond motifs is 5. The summed E-state index contributed by atoms with van der Waals surface area (Å²) < 4.78 is 24.5. The zero-order valence-corrected chi connectivity index (χ0v) is 25.5. The molecule has 3 fully saturated rings. The van der Waals surface area contributed by atoms with E-state index in [0.717, 1.165) is 35.7 Å². The summed E-state index contributed by atoms with van der Waals surface area (Å²) in [7, 11) is 3.33. The van der Waals surface area contributed by atoms with Crippen molar-refractivity contribution in [3.63, 3.8) is 0 Å². The van der Waals surface area contributed by atoms with Gasteiger partial charge in [0.2, 0.25) is 0 Å². The van der Waals surface area contributed by atoms with Crippen LogP contribution in [0.5, 0.6) is 17.2 Å². The Bertz CT molecular complexity index is 1430. The third kappa shape index (κ3) is 5.03. The predicted octanol–water partition coefficient (Wildman–Crippen LogP) is 6.61. The average molecular weight is 582 g/mol. The van der Waals surface area contributed by atoms with Crippen molar-refractivity contribution in [1.82, 2.24) is 4.90 Å². The minimum absolute atomic E-state index is 0.00653. The third-order valence-corrected chi connectivity index (χ3v) is 10.9. The van der Waals surface area contributed by atoms with Crippen molar-refractivity contribution in [2.75, 3.05) is 20.8 Å². The Labute approximate surface area is 255 Å². The lowest BCUT2D eigenvalue weighted by atomic mass is 9.67. The van der Waals surface area contributed by atoms with Crippen LogP contribution in [-0.2, 0) is 22.5 Å². The molecule has 43 heavy (non-hydrogen) atoms. The maximum absolute atomic E-state index is 14.5. The lowest BCUT2D eigenvalue weighted by Crippen LogP contribution is -2.42. The van der Waals surface area contributed by atoms with Gasteiger partial charge in [0.15, 0.2) is 11.7 Å². The first-order chi connectivity index (χ1) is 21.0. The standard InChI is InChI=1S/C37H43NO5/c1-5-24-10-15-29-31-16-22(2)6-14-30(31)37-36(29)35(24)32(39)19-34-38(20-25-9-13-28(40-3)18-33(25)41-4)26(21-42-34)17-23-7-11-27(43-37)12-8-23/h5,7-13,15,18-19,22,24,26,29-31,35-37H,1,6,14,16-17,20-21H2,2-4H3/b34-19+/t22-,24+,26+,29+,30-,31+,35-,36+,37+/m1/s1. The van der Waals surface area contributed by atoms with Crippen LogP contribution in [-0.4, -0.2) is 43.7 Å². The van der Waals surface area contributed by atoms with E-state index in [1.807, 2.05) is 24.3 Å². The molecule has 6 aliphatic rings. The lowest BCUT2D eigenvalue weighted by molar-refractivity contribution is -0.123. The van der Waals surface area contributed by atoms with Crippen molar-refractivity contribution >= 4 is 5.78 Å². The van der Waals surface area contributed by atoms with Crippen molar-refractivity contribution < 1.29 is 23.7 Å². The zero-order valence-electron chi connectivity index (χ0n) is 25.5. The van der Waals surface area contributed by atoms with E-state index < -0.39 is 0 Å². The number of rotatable bonds is 5. The smallest absolute Gasteiger partial charge is 0.193 e. The molecule has 0 amide bonds. The fraction of sp³-hybridized carbons (Fsp3) is 0.486. The van der Waals surface area contributed by atoms with E-state index in [0.29, 0.717) is 42.7 Å². The van der Waals surface area contributed by atoms with E-state index in [1.165, 1.54) is 18.4 Å². The average Bonchev–Trinajstić information content (AvgIpc) is 3.54. The molecule has 2 saturated carbocycles. The van der Waals surface area contributed by atoms with Gasteiger partial charge in [-0.05, 0) is 72.8 Å². The first-order valence-corrected chi connectivity index (χ1v) is 15.9. The first kappa shape index (κ1) is 28.1. The molecule has 0 spiro atoms. The molecule has 6 nitrogen and oxygen atoms in total. The number of allylic oxidation sites excluding steroid dienone is 4. The van der Waals surface area contributed by atoms with Crippen LogP contribution in [0.2, 0.25) is 0 Å². The highest BCUT2D eigenvalue weighted by atomic mass is 16.5. The number of nitrogens with zero attached hydrogens (tertiary/aromatic N) is 1. The number of benzene rings is 2. The molecular weight excluding hydrogens is 538 g/mol. The molecule has 0 radical (unpaired) electrons. The molecule has 0 aromatic heterocycles. The van der Waals surface area contributed by atoms with Gasteiger partial charge in [-0.2, -0.15) is 0 Å². The molecule has 2 aromatic rings. The largest absolute Gasteiger partial charge is 0.497 e. The van der Waals surface area contributed by atoms with Gasteiger partial charge in [-0.15, -0.1) is 6.58 Å². The highest BCUT2D eigenvalue weighted by Crippen LogP contribution is 2.57. The quantitative estimate of drug-likeness (QED) is 0.371. The molecule has 8 rings (SSSR count). The summed E-state index contributed by atoms with van der Waals surface area (Å²) in [6.07, 6.45) is 12.7. The SMILES string of the molecule is C=C[C@H]1C=C[C@H]2[C@@H]3C[C@H](C)CC[C@H]3[C@@H]3Oc4ccc(cc4)C[C@H]4CO/C(=C/C(=O)[C@@H]1[C@H]23)N4Cc1ccc(OC)cc1OC. The minimum atomic E-state index is -0.242. The highest BCUT2D eigenvalue weighted by molar-refractivity contribution is 5.93. The summed E-state index contributed by atoms with van der Waals surface area (Å²) in [5.74, 6) is 4.95. The number of hydrogen-bond acceptors (Lipinski definition) is 6. The Balaban J connectivity index is 1.31. The third-order valence-electron chi connectivity index (χ3n) is 10.9. The minimum Gasteiger partial charge on any atom is -0.497 e. The molecule has 9 atom stereocenters. The lowest BCUT2D eigenvalue weighted by Gasteiger charge is -2.38. The molecule has 0 N–H and O–H groups in total. The summed E-state index contributed by atoms with van der Waals surface area (Å²) in [6, 6.07) is 14.6. The maximum atomic E-state index is 14.5. The summed E-state index contributed by atoms with van der Waals surface area (Å²) in [5, 5.41) is 0. The summed E-state index contributed by atoms with van der Waals surface area (Å²) in [4.78, 5) is 16.8. The van der Waals surface area contributed by atoms with Gasteiger partial charge in [0.25, 0.3) is 0 Å². The second kappa shape index (κ2) is 11.4. The van der Waals surface area contributed by atoms with Crippen LogP contribution in [0.15, 0.2) is 79.2 Å². The summed E-state index contributed by atoms with van der Waals surface area (Å²) in [6.45, 7) is 7.62. The van der Waals surface area contributed by atoms with Crippen LogP contribution in [0.25, 0.3) is 0 Å². The molecule has 1 saturated heterocycles.